The van der Waals surface area contributed by atoms with Crippen LogP contribution in [0.15, 0.2) is 6.33 Å². The summed E-state index contributed by atoms with van der Waals surface area (Å²) in [4.78, 5) is 36.8. The van der Waals surface area contributed by atoms with Crippen LogP contribution in [0.4, 0.5) is 5.82 Å². The summed E-state index contributed by atoms with van der Waals surface area (Å²) >= 11 is 0. The number of aliphatic hydroxyl groups is 1. The van der Waals surface area contributed by atoms with Gasteiger partial charge in [0.1, 0.15) is 17.7 Å². The highest BCUT2D eigenvalue weighted by Gasteiger charge is 2.39. The van der Waals surface area contributed by atoms with Crippen molar-refractivity contribution in [1.82, 2.24) is 24.8 Å². The predicted molar refractivity (Wildman–Crippen MR) is 122 cm³/mol. The number of nitrogens with zero attached hydrogens (tertiary/aromatic N) is 4. The molecule has 2 aromatic heterocycles. The van der Waals surface area contributed by atoms with E-state index in [0.29, 0.717) is 30.0 Å². The van der Waals surface area contributed by atoms with E-state index in [2.05, 4.69) is 32.1 Å². The number of esters is 1. The number of fused-ring (bicyclic) bond motifs is 1. The third-order valence-corrected chi connectivity index (χ3v) is 6.43. The number of amides is 1. The number of carbonyl (C=O) groups is 2. The van der Waals surface area contributed by atoms with E-state index in [1.165, 1.54) is 13.4 Å². The number of hydrogen-bond donors (Lipinski definition) is 3. The first kappa shape index (κ1) is 23.9. The molecule has 11 nitrogen and oxygen atoms in total. The molecule has 11 heteroatoms. The Morgan fingerprint density at radius 3 is 2.79 bits per heavy atom. The number of ether oxygens (including phenoxy) is 2. The van der Waals surface area contributed by atoms with Gasteiger partial charge in [-0.2, -0.15) is 0 Å². The largest absolute Gasteiger partial charge is 0.469 e. The van der Waals surface area contributed by atoms with Crippen molar-refractivity contribution in [1.29, 1.82) is 0 Å². The highest BCUT2D eigenvalue weighted by Crippen LogP contribution is 2.32. The molecular formula is C23H30N6O5. The first-order valence-electron chi connectivity index (χ1n) is 11.6. The Bertz CT molecular complexity index is 1110. The Hall–Kier alpha value is -3.23. The number of aromatic nitrogens is 4. The van der Waals surface area contributed by atoms with Gasteiger partial charge < -0.3 is 25.6 Å². The molecule has 1 aliphatic heterocycles. The Morgan fingerprint density at radius 1 is 1.32 bits per heavy atom. The predicted octanol–water partition coefficient (Wildman–Crippen LogP) is 0.914. The Balaban J connectivity index is 1.47. The fraction of sp³-hybridized carbons (Fsp3) is 0.609. The van der Waals surface area contributed by atoms with Crippen LogP contribution in [0.1, 0.15) is 57.5 Å². The number of imidazole rings is 1. The maximum atomic E-state index is 12.1. The Kier molecular flexibility index (Phi) is 7.29. The average Bonchev–Trinajstić information content (AvgIpc) is 3.43. The number of methoxy groups -OCH3 is 1. The van der Waals surface area contributed by atoms with Crippen LogP contribution in [0.3, 0.4) is 0 Å². The number of rotatable bonds is 5. The zero-order chi connectivity index (χ0) is 24.2. The molecule has 0 spiro atoms. The lowest BCUT2D eigenvalue weighted by atomic mass is 9.81. The lowest BCUT2D eigenvalue weighted by Crippen LogP contribution is -2.34. The van der Waals surface area contributed by atoms with E-state index in [4.69, 9.17) is 15.2 Å². The summed E-state index contributed by atoms with van der Waals surface area (Å²) in [5.74, 6) is 6.55. The molecule has 2 fully saturated rings. The number of aliphatic hydroxyl groups excluding tert-OH is 1. The molecule has 1 saturated heterocycles. The van der Waals surface area contributed by atoms with E-state index in [9.17, 15) is 14.7 Å². The maximum Gasteiger partial charge on any atom is 0.308 e. The van der Waals surface area contributed by atoms with Crippen molar-refractivity contribution in [3.05, 3.63) is 12.2 Å². The van der Waals surface area contributed by atoms with Gasteiger partial charge in [0.25, 0.3) is 0 Å². The van der Waals surface area contributed by atoms with Gasteiger partial charge in [-0.3, -0.25) is 14.2 Å². The van der Waals surface area contributed by atoms with Crippen LogP contribution in [0.5, 0.6) is 0 Å². The number of likely N-dealkylation sites (N-methyl/N-ethyl adjacent to an activating group) is 1. The molecule has 34 heavy (non-hydrogen) atoms. The van der Waals surface area contributed by atoms with Crippen molar-refractivity contribution in [2.45, 2.75) is 63.9 Å². The molecule has 3 atom stereocenters. The molecule has 3 heterocycles. The van der Waals surface area contributed by atoms with Crippen molar-refractivity contribution in [2.24, 2.45) is 11.8 Å². The van der Waals surface area contributed by atoms with E-state index in [0.717, 1.165) is 25.7 Å². The van der Waals surface area contributed by atoms with Gasteiger partial charge in [0, 0.05) is 19.4 Å². The first-order chi connectivity index (χ1) is 16.4. The van der Waals surface area contributed by atoms with E-state index < -0.39 is 18.4 Å². The number of nitrogens with one attached hydrogen (secondary N) is 1. The van der Waals surface area contributed by atoms with Crippen LogP contribution in [0.2, 0.25) is 0 Å². The van der Waals surface area contributed by atoms with Crippen LogP contribution in [0, 0.1) is 23.7 Å². The van der Waals surface area contributed by atoms with Crippen LogP contribution < -0.4 is 11.1 Å². The van der Waals surface area contributed by atoms with Crippen LogP contribution in [-0.4, -0.2) is 62.4 Å². The zero-order valence-corrected chi connectivity index (χ0v) is 19.4. The average molecular weight is 471 g/mol. The fourth-order valence-corrected chi connectivity index (χ4v) is 4.58. The second-order valence-corrected chi connectivity index (χ2v) is 8.72. The van der Waals surface area contributed by atoms with Gasteiger partial charge in [-0.25, -0.2) is 15.0 Å². The minimum atomic E-state index is -0.907. The first-order valence-corrected chi connectivity index (χ1v) is 11.6. The summed E-state index contributed by atoms with van der Waals surface area (Å²) in [7, 11) is 1.43. The lowest BCUT2D eigenvalue weighted by molar-refractivity contribution is -0.146. The van der Waals surface area contributed by atoms with Crippen LogP contribution in [0.25, 0.3) is 11.2 Å². The second-order valence-electron chi connectivity index (χ2n) is 8.72. The van der Waals surface area contributed by atoms with E-state index in [1.54, 1.807) is 4.57 Å². The summed E-state index contributed by atoms with van der Waals surface area (Å²) in [5.41, 5.74) is 6.85. The molecule has 2 aliphatic rings. The molecule has 4 rings (SSSR count). The van der Waals surface area contributed by atoms with Gasteiger partial charge in [0.05, 0.1) is 19.4 Å². The number of nitrogens with two attached hydrogens (primary N) is 1. The van der Waals surface area contributed by atoms with Gasteiger partial charge in [0.2, 0.25) is 11.7 Å². The molecule has 1 saturated carbocycles. The van der Waals surface area contributed by atoms with Crippen molar-refractivity contribution in [3.63, 3.8) is 0 Å². The standard InChI is InChI=1S/C23H30N6O5/c1-3-25-21(31)16-11-15(30)22(34-16)29-12-26-18-19(24)27-17(28-20(18)29)6-4-5-13-7-9-14(10-8-13)23(32)33-2/h12-16,22,30H,3,5,7-11H2,1-2H3,(H,25,31)(H2,24,27,28)/t13?,14?,15-,16+,22-/m1/s1. The minimum Gasteiger partial charge on any atom is -0.469 e. The van der Waals surface area contributed by atoms with Gasteiger partial charge in [-0.05, 0) is 44.4 Å². The molecule has 1 aliphatic carbocycles. The van der Waals surface area contributed by atoms with Crippen molar-refractivity contribution in [2.75, 3.05) is 19.4 Å². The highest BCUT2D eigenvalue weighted by molar-refractivity contribution is 5.82. The van der Waals surface area contributed by atoms with Crippen LogP contribution in [-0.2, 0) is 19.1 Å². The topological polar surface area (TPSA) is 154 Å². The molecule has 0 radical (unpaired) electrons. The van der Waals surface area contributed by atoms with Crippen LogP contribution >= 0.6 is 0 Å². The fourth-order valence-electron chi connectivity index (χ4n) is 4.58. The monoisotopic (exact) mass is 470 g/mol. The number of hydrogen-bond acceptors (Lipinski definition) is 9. The molecular weight excluding hydrogens is 440 g/mol. The molecule has 0 aromatic carbocycles. The van der Waals surface area contributed by atoms with Crippen molar-refractivity contribution < 1.29 is 24.2 Å². The number of anilines is 1. The maximum absolute atomic E-state index is 12.1. The van der Waals surface area contributed by atoms with Gasteiger partial charge >= 0.3 is 5.97 Å². The third-order valence-electron chi connectivity index (χ3n) is 6.43. The van der Waals surface area contributed by atoms with E-state index >= 15 is 0 Å². The molecule has 4 N–H and O–H groups in total. The normalized spacial score (nSPS) is 26.6. The summed E-state index contributed by atoms with van der Waals surface area (Å²) in [6.45, 7) is 2.30. The lowest BCUT2D eigenvalue weighted by Gasteiger charge is -2.25. The molecule has 0 bridgehead atoms. The molecule has 1 amide bonds. The van der Waals surface area contributed by atoms with Gasteiger partial charge in [0.15, 0.2) is 17.7 Å². The molecule has 2 aromatic rings. The Labute approximate surface area is 197 Å². The molecule has 182 valence electrons. The molecule has 0 unspecified atom stereocenters. The quantitative estimate of drug-likeness (QED) is 0.427. The van der Waals surface area contributed by atoms with Crippen molar-refractivity contribution >= 4 is 28.9 Å². The SMILES string of the molecule is CCNC(=O)[C@@H]1C[C@@H](O)[C@H](n2cnc3c(N)nc(C#CCC4CCC(C(=O)OC)CC4)nc32)O1. The summed E-state index contributed by atoms with van der Waals surface area (Å²) < 4.78 is 12.2. The zero-order valence-electron chi connectivity index (χ0n) is 19.4. The minimum absolute atomic E-state index is 0.0131. The van der Waals surface area contributed by atoms with Crippen molar-refractivity contribution in [3.8, 4) is 11.8 Å². The number of nitrogen functional groups attached to an aromatic ring is 1. The second kappa shape index (κ2) is 10.4. The summed E-state index contributed by atoms with van der Waals surface area (Å²) in [6.07, 6.45) is 3.30. The summed E-state index contributed by atoms with van der Waals surface area (Å²) in [6, 6.07) is 0. The number of carbonyl (C=O) groups excluding carboxylic acids is 2. The third kappa shape index (κ3) is 4.98. The summed E-state index contributed by atoms with van der Waals surface area (Å²) in [5, 5.41) is 13.2. The Morgan fingerprint density at radius 2 is 2.09 bits per heavy atom. The highest BCUT2D eigenvalue weighted by atomic mass is 16.5. The smallest absolute Gasteiger partial charge is 0.308 e. The van der Waals surface area contributed by atoms with E-state index in [1.807, 2.05) is 6.92 Å². The van der Waals surface area contributed by atoms with Gasteiger partial charge in [-0.15, -0.1) is 0 Å². The van der Waals surface area contributed by atoms with E-state index in [-0.39, 0.29) is 35.9 Å². The van der Waals surface area contributed by atoms with Gasteiger partial charge in [-0.1, -0.05) is 5.92 Å².